The average molecular weight is 418 g/mol. The Balaban J connectivity index is 1.66. The van der Waals surface area contributed by atoms with E-state index in [1.807, 2.05) is 32.0 Å². The molecule has 0 bridgehead atoms. The number of carbonyl (C=O) groups excluding carboxylic acids is 1. The van der Waals surface area contributed by atoms with E-state index in [4.69, 9.17) is 4.74 Å². The van der Waals surface area contributed by atoms with Crippen LogP contribution in [0.5, 0.6) is 5.75 Å². The van der Waals surface area contributed by atoms with Gasteiger partial charge in [0.15, 0.2) is 0 Å². The van der Waals surface area contributed by atoms with Crippen LogP contribution in [0.1, 0.15) is 51.4 Å². The molecule has 3 aromatic rings. The van der Waals surface area contributed by atoms with E-state index in [0.717, 1.165) is 23.4 Å². The lowest BCUT2D eigenvalue weighted by Crippen LogP contribution is -2.42. The number of pyridine rings is 1. The summed E-state index contributed by atoms with van der Waals surface area (Å²) in [4.78, 5) is 37.1. The molecule has 7 heteroatoms. The van der Waals surface area contributed by atoms with Gasteiger partial charge in [0.1, 0.15) is 11.3 Å². The summed E-state index contributed by atoms with van der Waals surface area (Å²) in [5.74, 6) is 0.519. The van der Waals surface area contributed by atoms with Crippen molar-refractivity contribution in [1.82, 2.24) is 19.4 Å². The number of aryl methyl sites for hydroxylation is 2. The minimum Gasteiger partial charge on any atom is -0.497 e. The molecular weight excluding hydrogens is 392 g/mol. The Kier molecular flexibility index (Phi) is 5.59. The first-order valence-corrected chi connectivity index (χ1v) is 10.3. The largest absolute Gasteiger partial charge is 0.497 e. The van der Waals surface area contributed by atoms with E-state index in [9.17, 15) is 9.59 Å². The van der Waals surface area contributed by atoms with Gasteiger partial charge in [-0.05, 0) is 62.1 Å². The summed E-state index contributed by atoms with van der Waals surface area (Å²) in [6, 6.07) is 7.63. The fourth-order valence-electron chi connectivity index (χ4n) is 4.07. The predicted octanol–water partition coefficient (Wildman–Crippen LogP) is 3.07. The number of hydrogen-bond acceptors (Lipinski definition) is 5. The Bertz CT molecular complexity index is 1180. The maximum Gasteiger partial charge on any atom is 0.264 e. The molecular formula is C24H26N4O3. The molecule has 160 valence electrons. The van der Waals surface area contributed by atoms with Crippen LogP contribution in [-0.2, 0) is 13.0 Å². The van der Waals surface area contributed by atoms with Crippen molar-refractivity contribution in [3.05, 3.63) is 86.9 Å². The summed E-state index contributed by atoms with van der Waals surface area (Å²) >= 11 is 0. The van der Waals surface area contributed by atoms with Crippen LogP contribution < -0.4 is 10.3 Å². The highest BCUT2D eigenvalue weighted by Crippen LogP contribution is 2.33. The summed E-state index contributed by atoms with van der Waals surface area (Å²) in [7, 11) is 1.63. The highest BCUT2D eigenvalue weighted by Gasteiger charge is 2.31. The van der Waals surface area contributed by atoms with Gasteiger partial charge in [0.05, 0.1) is 37.3 Å². The number of ether oxygens (including phenoxy) is 1. The third-order valence-electron chi connectivity index (χ3n) is 5.91. The molecule has 1 aliphatic heterocycles. The minimum atomic E-state index is -0.309. The fourth-order valence-corrected chi connectivity index (χ4v) is 4.07. The number of amides is 1. The van der Waals surface area contributed by atoms with Gasteiger partial charge in [-0.25, -0.2) is 0 Å². The average Bonchev–Trinajstić information content (AvgIpc) is 2.77. The third-order valence-corrected chi connectivity index (χ3v) is 5.91. The Morgan fingerprint density at radius 3 is 2.71 bits per heavy atom. The highest BCUT2D eigenvalue weighted by molar-refractivity contribution is 5.95. The van der Waals surface area contributed by atoms with Gasteiger partial charge >= 0.3 is 0 Å². The number of nitrogens with zero attached hydrogens (tertiary/aromatic N) is 4. The van der Waals surface area contributed by atoms with Crippen LogP contribution in [0.25, 0.3) is 0 Å². The van der Waals surface area contributed by atoms with Gasteiger partial charge in [0.25, 0.3) is 11.5 Å². The van der Waals surface area contributed by atoms with Gasteiger partial charge in [-0.1, -0.05) is 6.07 Å². The lowest BCUT2D eigenvalue weighted by molar-refractivity contribution is 0.0674. The number of aromatic nitrogens is 3. The number of hydrogen-bond donors (Lipinski definition) is 0. The van der Waals surface area contributed by atoms with E-state index in [-0.39, 0.29) is 29.6 Å². The zero-order chi connectivity index (χ0) is 22.1. The van der Waals surface area contributed by atoms with Crippen LogP contribution in [0, 0.1) is 13.8 Å². The monoisotopic (exact) mass is 418 g/mol. The molecule has 2 aromatic heterocycles. The molecule has 0 spiro atoms. The molecule has 0 saturated carbocycles. The van der Waals surface area contributed by atoms with Crippen molar-refractivity contribution in [2.75, 3.05) is 13.7 Å². The molecule has 3 heterocycles. The fraction of sp³-hybridized carbons (Fsp3) is 0.333. The van der Waals surface area contributed by atoms with E-state index >= 15 is 0 Å². The molecule has 4 rings (SSSR count). The van der Waals surface area contributed by atoms with Crippen molar-refractivity contribution in [3.8, 4) is 5.75 Å². The number of rotatable bonds is 4. The molecule has 31 heavy (non-hydrogen) atoms. The van der Waals surface area contributed by atoms with E-state index in [1.54, 1.807) is 37.5 Å². The zero-order valence-electron chi connectivity index (χ0n) is 18.3. The topological polar surface area (TPSA) is 77.3 Å². The van der Waals surface area contributed by atoms with Crippen LogP contribution in [-0.4, -0.2) is 39.0 Å². The Labute approximate surface area is 181 Å². The molecule has 1 aromatic carbocycles. The summed E-state index contributed by atoms with van der Waals surface area (Å²) < 4.78 is 6.88. The quantitative estimate of drug-likeness (QED) is 0.651. The summed E-state index contributed by atoms with van der Waals surface area (Å²) in [5, 5.41) is 0. The van der Waals surface area contributed by atoms with Crippen molar-refractivity contribution in [1.29, 1.82) is 0 Å². The molecule has 1 atom stereocenters. The summed E-state index contributed by atoms with van der Waals surface area (Å²) in [6.45, 7) is 6.49. The standard InChI is InChI=1S/C24H26N4O3/c1-15-7-9-27(14-19-13-25-16(2)12-26-19)23(29)22(15)24(30)28-10-8-18-5-6-20(31-4)11-21(18)17(28)3/h5-7,9,11-13,17H,8,10,14H2,1-4H3. The first kappa shape index (κ1) is 20.8. The molecule has 0 aliphatic carbocycles. The van der Waals surface area contributed by atoms with Crippen LogP contribution in [0.4, 0.5) is 0 Å². The highest BCUT2D eigenvalue weighted by atomic mass is 16.5. The number of carbonyl (C=O) groups is 1. The van der Waals surface area contributed by atoms with Crippen LogP contribution >= 0.6 is 0 Å². The van der Waals surface area contributed by atoms with Crippen LogP contribution in [0.2, 0.25) is 0 Å². The van der Waals surface area contributed by atoms with Gasteiger partial charge in [0.2, 0.25) is 0 Å². The SMILES string of the molecule is COc1ccc2c(c1)C(C)N(C(=O)c1c(C)ccn(Cc3cnc(C)cn3)c1=O)CC2. The molecule has 7 nitrogen and oxygen atoms in total. The van der Waals surface area contributed by atoms with E-state index in [0.29, 0.717) is 17.8 Å². The first-order valence-electron chi connectivity index (χ1n) is 10.3. The molecule has 0 fully saturated rings. The third kappa shape index (κ3) is 3.95. The van der Waals surface area contributed by atoms with Gasteiger partial charge in [-0.2, -0.15) is 0 Å². The second-order valence-corrected chi connectivity index (χ2v) is 7.95. The Morgan fingerprint density at radius 1 is 1.19 bits per heavy atom. The minimum absolute atomic E-state index is 0.151. The smallest absolute Gasteiger partial charge is 0.264 e. The van der Waals surface area contributed by atoms with Crippen molar-refractivity contribution in [2.45, 2.75) is 39.8 Å². The zero-order valence-corrected chi connectivity index (χ0v) is 18.3. The van der Waals surface area contributed by atoms with Gasteiger partial charge in [-0.3, -0.25) is 19.6 Å². The molecule has 0 saturated heterocycles. The van der Waals surface area contributed by atoms with Gasteiger partial charge < -0.3 is 14.2 Å². The van der Waals surface area contributed by atoms with E-state index in [2.05, 4.69) is 16.0 Å². The predicted molar refractivity (Wildman–Crippen MR) is 117 cm³/mol. The molecule has 0 N–H and O–H groups in total. The van der Waals surface area contributed by atoms with E-state index < -0.39 is 0 Å². The number of fused-ring (bicyclic) bond motifs is 1. The summed E-state index contributed by atoms with van der Waals surface area (Å²) in [5.41, 5.74) is 4.32. The lowest BCUT2D eigenvalue weighted by atomic mass is 9.92. The van der Waals surface area contributed by atoms with Crippen molar-refractivity contribution in [2.24, 2.45) is 0 Å². The normalized spacial score (nSPS) is 15.5. The second kappa shape index (κ2) is 8.34. The number of methoxy groups -OCH3 is 1. The van der Waals surface area contributed by atoms with E-state index in [1.165, 1.54) is 10.1 Å². The van der Waals surface area contributed by atoms with Crippen molar-refractivity contribution >= 4 is 5.91 Å². The maximum absolute atomic E-state index is 13.5. The van der Waals surface area contributed by atoms with Crippen molar-refractivity contribution < 1.29 is 9.53 Å². The molecule has 1 aliphatic rings. The van der Waals surface area contributed by atoms with Gasteiger partial charge in [0, 0.05) is 18.9 Å². The molecule has 1 amide bonds. The van der Waals surface area contributed by atoms with Crippen LogP contribution in [0.3, 0.4) is 0 Å². The molecule has 1 unspecified atom stereocenters. The summed E-state index contributed by atoms with van der Waals surface area (Å²) in [6.07, 6.45) is 5.77. The maximum atomic E-state index is 13.5. The first-order chi connectivity index (χ1) is 14.9. The lowest BCUT2D eigenvalue weighted by Gasteiger charge is -2.35. The number of benzene rings is 1. The second-order valence-electron chi connectivity index (χ2n) is 7.95. The molecule has 0 radical (unpaired) electrons. The van der Waals surface area contributed by atoms with Crippen LogP contribution in [0.15, 0.2) is 47.7 Å². The van der Waals surface area contributed by atoms with Crippen molar-refractivity contribution in [3.63, 3.8) is 0 Å². The van der Waals surface area contributed by atoms with Gasteiger partial charge in [-0.15, -0.1) is 0 Å². The Hall–Kier alpha value is -3.48. The Morgan fingerprint density at radius 2 is 2.00 bits per heavy atom.